The standard InChI is InChI=1S/C31H28F8O2/c1-2-3-4-18-5-7-19(8-6-18)20-9-11-23(24(32)13-20)31(38,39)41-22-15-26(34)30(27(35)16-22)21-10-12-28(25(33)14-21)40-17-29(36)37/h9-19H,2-8H2,1H3. The molecular formula is C31H28F8O2. The first kappa shape index (κ1) is 30.4. The smallest absolute Gasteiger partial charge is 0.429 e. The van der Waals surface area contributed by atoms with Crippen LogP contribution in [0, 0.1) is 29.2 Å². The zero-order valence-corrected chi connectivity index (χ0v) is 22.1. The van der Waals surface area contributed by atoms with Crippen molar-refractivity contribution < 1.29 is 44.6 Å². The number of alkyl halides is 2. The molecule has 0 aromatic heterocycles. The Morgan fingerprint density at radius 2 is 1.54 bits per heavy atom. The molecule has 1 saturated carbocycles. The van der Waals surface area contributed by atoms with Crippen molar-refractivity contribution in [2.75, 3.05) is 0 Å². The molecule has 0 saturated heterocycles. The van der Waals surface area contributed by atoms with Gasteiger partial charge in [0.2, 0.25) is 0 Å². The number of benzene rings is 3. The second-order valence-electron chi connectivity index (χ2n) is 10.2. The van der Waals surface area contributed by atoms with Gasteiger partial charge in [-0.2, -0.15) is 17.6 Å². The van der Waals surface area contributed by atoms with Crippen molar-refractivity contribution in [1.82, 2.24) is 0 Å². The molecule has 0 heterocycles. The number of hydrogen-bond acceptors (Lipinski definition) is 2. The summed E-state index contributed by atoms with van der Waals surface area (Å²) in [5, 5.41) is 0. The lowest BCUT2D eigenvalue weighted by Gasteiger charge is -2.29. The molecule has 1 fully saturated rings. The Bertz CT molecular complexity index is 1370. The first-order valence-corrected chi connectivity index (χ1v) is 13.3. The van der Waals surface area contributed by atoms with E-state index in [0.29, 0.717) is 29.7 Å². The first-order valence-electron chi connectivity index (χ1n) is 13.3. The normalized spacial score (nSPS) is 17.3. The molecule has 2 nitrogen and oxygen atoms in total. The van der Waals surface area contributed by atoms with E-state index in [0.717, 1.165) is 69.2 Å². The fourth-order valence-corrected chi connectivity index (χ4v) is 5.25. The average Bonchev–Trinajstić information content (AvgIpc) is 2.90. The quantitative estimate of drug-likeness (QED) is 0.174. The molecule has 0 amide bonds. The van der Waals surface area contributed by atoms with Crippen LogP contribution in [0.25, 0.3) is 11.1 Å². The van der Waals surface area contributed by atoms with E-state index in [1.54, 1.807) is 0 Å². The van der Waals surface area contributed by atoms with Crippen molar-refractivity contribution >= 4 is 0 Å². The summed E-state index contributed by atoms with van der Waals surface area (Å²) in [5.41, 5.74) is -1.60. The number of unbranched alkanes of at least 4 members (excludes halogenated alkanes) is 1. The van der Waals surface area contributed by atoms with Crippen LogP contribution in [0.4, 0.5) is 35.1 Å². The van der Waals surface area contributed by atoms with Crippen molar-refractivity contribution in [2.45, 2.75) is 63.9 Å². The predicted octanol–water partition coefficient (Wildman–Crippen LogP) is 10.6. The Morgan fingerprint density at radius 1 is 0.854 bits per heavy atom. The summed E-state index contributed by atoms with van der Waals surface area (Å²) >= 11 is 0. The minimum Gasteiger partial charge on any atom is -0.456 e. The Kier molecular flexibility index (Phi) is 9.60. The van der Waals surface area contributed by atoms with Gasteiger partial charge in [0.05, 0.1) is 11.1 Å². The highest BCUT2D eigenvalue weighted by Gasteiger charge is 2.38. The topological polar surface area (TPSA) is 18.5 Å². The van der Waals surface area contributed by atoms with E-state index in [4.69, 9.17) is 0 Å². The van der Waals surface area contributed by atoms with Gasteiger partial charge in [0, 0.05) is 12.1 Å². The molecule has 3 aromatic rings. The van der Waals surface area contributed by atoms with Gasteiger partial charge in [-0.1, -0.05) is 38.3 Å². The summed E-state index contributed by atoms with van der Waals surface area (Å²) in [6, 6.07) is 6.82. The van der Waals surface area contributed by atoms with Gasteiger partial charge in [-0.15, -0.1) is 0 Å². The van der Waals surface area contributed by atoms with Crippen LogP contribution in [0.1, 0.15) is 68.9 Å². The maximum absolute atomic E-state index is 14.9. The number of rotatable bonds is 10. The maximum atomic E-state index is 14.9. The maximum Gasteiger partial charge on any atom is 0.429 e. The van der Waals surface area contributed by atoms with Crippen molar-refractivity contribution in [2.24, 2.45) is 5.92 Å². The van der Waals surface area contributed by atoms with Crippen LogP contribution in [0.5, 0.6) is 11.5 Å². The van der Waals surface area contributed by atoms with E-state index in [2.05, 4.69) is 16.4 Å². The molecule has 0 bridgehead atoms. The van der Waals surface area contributed by atoms with Gasteiger partial charge < -0.3 is 9.47 Å². The van der Waals surface area contributed by atoms with Crippen molar-refractivity contribution in [3.63, 3.8) is 0 Å². The second-order valence-corrected chi connectivity index (χ2v) is 10.2. The van der Waals surface area contributed by atoms with E-state index in [1.165, 1.54) is 6.07 Å². The highest BCUT2D eigenvalue weighted by molar-refractivity contribution is 5.67. The lowest BCUT2D eigenvalue weighted by Crippen LogP contribution is -2.24. The number of hydrogen-bond donors (Lipinski definition) is 0. The summed E-state index contributed by atoms with van der Waals surface area (Å²) in [5.74, 6) is -6.00. The minimum absolute atomic E-state index is 0.0124. The second kappa shape index (κ2) is 13.0. The minimum atomic E-state index is -4.26. The zero-order valence-electron chi connectivity index (χ0n) is 22.1. The molecule has 0 unspecified atom stereocenters. The molecule has 1 aliphatic rings. The largest absolute Gasteiger partial charge is 0.456 e. The first-order chi connectivity index (χ1) is 19.5. The third-order valence-electron chi connectivity index (χ3n) is 7.35. The summed E-state index contributed by atoms with van der Waals surface area (Å²) in [6.07, 6.45) is 0.637. The summed E-state index contributed by atoms with van der Waals surface area (Å²) in [4.78, 5) is 0. The molecule has 0 radical (unpaired) electrons. The number of halogens is 8. The third kappa shape index (κ3) is 7.40. The summed E-state index contributed by atoms with van der Waals surface area (Å²) in [7, 11) is 0. The van der Waals surface area contributed by atoms with Gasteiger partial charge in [-0.25, -0.2) is 17.6 Å². The van der Waals surface area contributed by atoms with E-state index >= 15 is 0 Å². The SMILES string of the molecule is CCCCC1CCC(c2ccc(C(F)(F)Oc3cc(F)c(-c4ccc(OC=C(F)F)c(F)c4)c(F)c3)c(F)c2)CC1. The zero-order chi connectivity index (χ0) is 29.7. The van der Waals surface area contributed by atoms with Crippen molar-refractivity contribution in [1.29, 1.82) is 0 Å². The summed E-state index contributed by atoms with van der Waals surface area (Å²) in [6.45, 7) is 2.14. The Labute approximate surface area is 232 Å². The van der Waals surface area contributed by atoms with Gasteiger partial charge in [-0.3, -0.25) is 0 Å². The fraction of sp³-hybridized carbons (Fsp3) is 0.355. The number of ether oxygens (including phenoxy) is 2. The lowest BCUT2D eigenvalue weighted by atomic mass is 9.77. The van der Waals surface area contributed by atoms with Gasteiger partial charge in [-0.05, 0) is 72.9 Å². The Morgan fingerprint density at radius 3 is 2.12 bits per heavy atom. The van der Waals surface area contributed by atoms with Crippen LogP contribution < -0.4 is 9.47 Å². The molecule has 0 aliphatic heterocycles. The van der Waals surface area contributed by atoms with Crippen LogP contribution in [-0.2, 0) is 6.11 Å². The highest BCUT2D eigenvalue weighted by atomic mass is 19.3. The molecule has 0 atom stereocenters. The van der Waals surface area contributed by atoms with Crippen LogP contribution in [-0.4, -0.2) is 0 Å². The fourth-order valence-electron chi connectivity index (χ4n) is 5.25. The summed E-state index contributed by atoms with van der Waals surface area (Å²) < 4.78 is 122. The molecule has 4 rings (SSSR count). The average molecular weight is 585 g/mol. The Balaban J connectivity index is 1.49. The molecule has 1 aliphatic carbocycles. The molecule has 10 heteroatoms. The van der Waals surface area contributed by atoms with E-state index in [9.17, 15) is 35.1 Å². The van der Waals surface area contributed by atoms with Gasteiger partial charge in [0.1, 0.15) is 23.2 Å². The predicted molar refractivity (Wildman–Crippen MR) is 138 cm³/mol. The molecule has 0 spiro atoms. The Hall–Kier alpha value is -3.56. The molecular weight excluding hydrogens is 556 g/mol. The van der Waals surface area contributed by atoms with Crippen LogP contribution in [0.3, 0.4) is 0 Å². The van der Waals surface area contributed by atoms with Crippen LogP contribution in [0.2, 0.25) is 0 Å². The van der Waals surface area contributed by atoms with Crippen molar-refractivity contribution in [3.8, 4) is 22.6 Å². The molecule has 220 valence electrons. The molecule has 41 heavy (non-hydrogen) atoms. The van der Waals surface area contributed by atoms with Crippen LogP contribution >= 0.6 is 0 Å². The van der Waals surface area contributed by atoms with E-state index in [-0.39, 0.29) is 17.7 Å². The molecule has 3 aromatic carbocycles. The van der Waals surface area contributed by atoms with Gasteiger partial charge in [0.15, 0.2) is 17.8 Å². The lowest BCUT2D eigenvalue weighted by molar-refractivity contribution is -0.187. The molecule has 0 N–H and O–H groups in total. The van der Waals surface area contributed by atoms with Gasteiger partial charge >= 0.3 is 12.2 Å². The van der Waals surface area contributed by atoms with E-state index in [1.807, 2.05) is 0 Å². The van der Waals surface area contributed by atoms with Gasteiger partial charge in [0.25, 0.3) is 0 Å². The monoisotopic (exact) mass is 584 g/mol. The van der Waals surface area contributed by atoms with E-state index < -0.39 is 58.1 Å². The highest BCUT2D eigenvalue weighted by Crippen LogP contribution is 2.41. The van der Waals surface area contributed by atoms with Crippen LogP contribution in [0.15, 0.2) is 60.9 Å². The van der Waals surface area contributed by atoms with Crippen molar-refractivity contribution in [3.05, 3.63) is 95.3 Å². The third-order valence-corrected chi connectivity index (χ3v) is 7.35.